The highest BCUT2D eigenvalue weighted by atomic mass is 16.5. The first-order valence-corrected chi connectivity index (χ1v) is 5.36. The van der Waals surface area contributed by atoms with E-state index < -0.39 is 0 Å². The summed E-state index contributed by atoms with van der Waals surface area (Å²) in [7, 11) is 0. The van der Waals surface area contributed by atoms with Gasteiger partial charge in [0, 0.05) is 18.2 Å². The van der Waals surface area contributed by atoms with Crippen molar-refractivity contribution in [3.05, 3.63) is 29.8 Å². The third kappa shape index (κ3) is 2.35. The van der Waals surface area contributed by atoms with Crippen LogP contribution in [0.2, 0.25) is 0 Å². The van der Waals surface area contributed by atoms with E-state index in [4.69, 9.17) is 4.52 Å². The van der Waals surface area contributed by atoms with E-state index in [9.17, 15) is 4.79 Å². The Morgan fingerprint density at radius 1 is 1.53 bits per heavy atom. The fraction of sp³-hybridized carbons (Fsp3) is 0.364. The topological polar surface area (TPSA) is 73.0 Å². The number of carbonyl (C=O) groups excluding carboxylic acids is 1. The van der Waals surface area contributed by atoms with Gasteiger partial charge in [0.05, 0.1) is 11.9 Å². The lowest BCUT2D eigenvalue weighted by molar-refractivity contribution is 0.0987. The van der Waals surface area contributed by atoms with Crippen molar-refractivity contribution in [2.45, 2.75) is 26.8 Å². The number of rotatable bonds is 3. The van der Waals surface area contributed by atoms with Crippen molar-refractivity contribution in [2.24, 2.45) is 0 Å². The standard InChI is InChI=1S/C11H14N4O2/c1-7(2)15-10(6-8(3)14-15)13-11(16)9-4-5-12-17-9/h4-7H,1-3H3,(H,13,16). The quantitative estimate of drug-likeness (QED) is 0.881. The molecule has 6 nitrogen and oxygen atoms in total. The second-order valence-electron chi connectivity index (χ2n) is 4.04. The Morgan fingerprint density at radius 2 is 2.29 bits per heavy atom. The Hall–Kier alpha value is -2.11. The third-order valence-corrected chi connectivity index (χ3v) is 2.25. The average molecular weight is 234 g/mol. The van der Waals surface area contributed by atoms with Crippen LogP contribution in [0.3, 0.4) is 0 Å². The van der Waals surface area contributed by atoms with Gasteiger partial charge in [-0.3, -0.25) is 4.79 Å². The third-order valence-electron chi connectivity index (χ3n) is 2.25. The second-order valence-corrected chi connectivity index (χ2v) is 4.04. The molecule has 0 saturated carbocycles. The number of aryl methyl sites for hydroxylation is 1. The molecular weight excluding hydrogens is 220 g/mol. The van der Waals surface area contributed by atoms with Crippen LogP contribution < -0.4 is 5.32 Å². The van der Waals surface area contributed by atoms with Crippen molar-refractivity contribution in [3.8, 4) is 0 Å². The van der Waals surface area contributed by atoms with Crippen molar-refractivity contribution in [2.75, 3.05) is 5.32 Å². The lowest BCUT2D eigenvalue weighted by Gasteiger charge is -2.10. The summed E-state index contributed by atoms with van der Waals surface area (Å²) in [4.78, 5) is 11.8. The Morgan fingerprint density at radius 3 is 2.88 bits per heavy atom. The number of aromatic nitrogens is 3. The number of anilines is 1. The van der Waals surface area contributed by atoms with Crippen LogP contribution in [-0.4, -0.2) is 20.8 Å². The number of hydrogen-bond donors (Lipinski definition) is 1. The number of hydrogen-bond acceptors (Lipinski definition) is 4. The summed E-state index contributed by atoms with van der Waals surface area (Å²) in [5, 5.41) is 10.5. The van der Waals surface area contributed by atoms with Gasteiger partial charge in [-0.05, 0) is 20.8 Å². The van der Waals surface area contributed by atoms with E-state index in [1.807, 2.05) is 26.8 Å². The van der Waals surface area contributed by atoms with Gasteiger partial charge >= 0.3 is 0 Å². The summed E-state index contributed by atoms with van der Waals surface area (Å²) in [6.07, 6.45) is 1.43. The molecule has 0 atom stereocenters. The van der Waals surface area contributed by atoms with Crippen LogP contribution in [-0.2, 0) is 0 Å². The van der Waals surface area contributed by atoms with E-state index in [1.165, 1.54) is 12.3 Å². The molecule has 2 rings (SSSR count). The van der Waals surface area contributed by atoms with Gasteiger partial charge < -0.3 is 9.84 Å². The van der Waals surface area contributed by atoms with Crippen molar-refractivity contribution < 1.29 is 9.32 Å². The summed E-state index contributed by atoms with van der Waals surface area (Å²) in [5.41, 5.74) is 0.853. The number of nitrogens with zero attached hydrogens (tertiary/aromatic N) is 3. The van der Waals surface area contributed by atoms with Crippen LogP contribution in [0.4, 0.5) is 5.82 Å². The highest BCUT2D eigenvalue weighted by molar-refractivity contribution is 6.01. The molecule has 2 heterocycles. The van der Waals surface area contributed by atoms with Gasteiger partial charge in [0.25, 0.3) is 5.91 Å². The zero-order chi connectivity index (χ0) is 12.4. The van der Waals surface area contributed by atoms with Crippen molar-refractivity contribution in [1.82, 2.24) is 14.9 Å². The maximum Gasteiger partial charge on any atom is 0.295 e. The maximum atomic E-state index is 11.8. The molecule has 0 bridgehead atoms. The molecule has 0 unspecified atom stereocenters. The first kappa shape index (κ1) is 11.4. The molecule has 6 heteroatoms. The predicted octanol–water partition coefficient (Wildman–Crippen LogP) is 2.01. The minimum Gasteiger partial charge on any atom is -0.351 e. The monoisotopic (exact) mass is 234 g/mol. The fourth-order valence-electron chi connectivity index (χ4n) is 1.51. The second kappa shape index (κ2) is 4.40. The minimum atomic E-state index is -0.329. The molecule has 0 aliphatic carbocycles. The molecule has 0 radical (unpaired) electrons. The van der Waals surface area contributed by atoms with Crippen molar-refractivity contribution in [3.63, 3.8) is 0 Å². The zero-order valence-corrected chi connectivity index (χ0v) is 9.97. The van der Waals surface area contributed by atoms with E-state index >= 15 is 0 Å². The van der Waals surface area contributed by atoms with E-state index in [0.717, 1.165) is 5.69 Å². The minimum absolute atomic E-state index is 0.175. The summed E-state index contributed by atoms with van der Waals surface area (Å²) in [5.74, 6) is 0.502. The summed E-state index contributed by atoms with van der Waals surface area (Å²) in [6, 6.07) is 3.50. The molecule has 0 aliphatic rings. The van der Waals surface area contributed by atoms with Gasteiger partial charge in [0.1, 0.15) is 5.82 Å². The zero-order valence-electron chi connectivity index (χ0n) is 9.97. The molecule has 0 fully saturated rings. The first-order valence-electron chi connectivity index (χ1n) is 5.36. The normalized spacial score (nSPS) is 10.8. The van der Waals surface area contributed by atoms with E-state index in [-0.39, 0.29) is 17.7 Å². The van der Waals surface area contributed by atoms with Crippen LogP contribution in [0.25, 0.3) is 0 Å². The van der Waals surface area contributed by atoms with Crippen molar-refractivity contribution in [1.29, 1.82) is 0 Å². The van der Waals surface area contributed by atoms with E-state index in [0.29, 0.717) is 5.82 Å². The highest BCUT2D eigenvalue weighted by Crippen LogP contribution is 2.16. The van der Waals surface area contributed by atoms with E-state index in [1.54, 1.807) is 4.68 Å². The molecule has 0 aliphatic heterocycles. The van der Waals surface area contributed by atoms with Crippen LogP contribution >= 0.6 is 0 Å². The van der Waals surface area contributed by atoms with Gasteiger partial charge in [0.2, 0.25) is 5.76 Å². The van der Waals surface area contributed by atoms with Crippen LogP contribution in [0, 0.1) is 6.92 Å². The van der Waals surface area contributed by atoms with Crippen LogP contribution in [0.1, 0.15) is 36.1 Å². The molecule has 1 N–H and O–H groups in total. The average Bonchev–Trinajstić information content (AvgIpc) is 2.86. The molecule has 1 amide bonds. The molecule has 17 heavy (non-hydrogen) atoms. The Kier molecular flexibility index (Phi) is 2.95. The first-order chi connectivity index (χ1) is 8.08. The van der Waals surface area contributed by atoms with Crippen LogP contribution in [0.5, 0.6) is 0 Å². The molecular formula is C11H14N4O2. The van der Waals surface area contributed by atoms with Gasteiger partial charge in [-0.1, -0.05) is 5.16 Å². The lowest BCUT2D eigenvalue weighted by atomic mass is 10.4. The smallest absolute Gasteiger partial charge is 0.295 e. The Bertz CT molecular complexity index is 514. The van der Waals surface area contributed by atoms with Gasteiger partial charge in [0.15, 0.2) is 0 Å². The SMILES string of the molecule is Cc1cc(NC(=O)c2ccno2)n(C(C)C)n1. The number of nitrogens with one attached hydrogen (secondary N) is 1. The van der Waals surface area contributed by atoms with Crippen molar-refractivity contribution >= 4 is 11.7 Å². The molecule has 90 valence electrons. The highest BCUT2D eigenvalue weighted by Gasteiger charge is 2.14. The number of amides is 1. The molecule has 0 saturated heterocycles. The summed E-state index contributed by atoms with van der Waals surface area (Å²) in [6.45, 7) is 5.87. The Labute approximate surface area is 98.6 Å². The molecule has 2 aromatic rings. The summed E-state index contributed by atoms with van der Waals surface area (Å²) >= 11 is 0. The fourth-order valence-corrected chi connectivity index (χ4v) is 1.51. The largest absolute Gasteiger partial charge is 0.351 e. The van der Waals surface area contributed by atoms with Gasteiger partial charge in [-0.25, -0.2) is 4.68 Å². The number of carbonyl (C=O) groups is 1. The molecule has 2 aromatic heterocycles. The maximum absolute atomic E-state index is 11.8. The summed E-state index contributed by atoms with van der Waals surface area (Å²) < 4.78 is 6.54. The predicted molar refractivity (Wildman–Crippen MR) is 61.8 cm³/mol. The van der Waals surface area contributed by atoms with Gasteiger partial charge in [-0.2, -0.15) is 5.10 Å². The van der Waals surface area contributed by atoms with E-state index in [2.05, 4.69) is 15.6 Å². The molecule has 0 spiro atoms. The van der Waals surface area contributed by atoms with Gasteiger partial charge in [-0.15, -0.1) is 0 Å². The lowest BCUT2D eigenvalue weighted by Crippen LogP contribution is -2.16. The Balaban J connectivity index is 2.21. The van der Waals surface area contributed by atoms with Crippen LogP contribution in [0.15, 0.2) is 22.9 Å². The molecule has 0 aromatic carbocycles.